The SMILES string of the molecule is CC[C@H](C)C([C@@H](CC(=O)N1CCC[C@H]1[C@H](OC)[C@@H](C)C(=O)NCCc1ccc2ncccc2c1)OC)N(C)C(=O)[C@@H](NC(=O)C(C(C)C)N(C)C)C(C)C. The zero-order valence-corrected chi connectivity index (χ0v) is 34.9. The summed E-state index contributed by atoms with van der Waals surface area (Å²) in [5, 5.41) is 7.19. The quantitative estimate of drug-likeness (QED) is 0.202. The van der Waals surface area contributed by atoms with Crippen LogP contribution in [0.15, 0.2) is 36.5 Å². The van der Waals surface area contributed by atoms with Gasteiger partial charge in [0.05, 0.1) is 48.2 Å². The van der Waals surface area contributed by atoms with Crippen molar-refractivity contribution in [2.75, 3.05) is 48.5 Å². The summed E-state index contributed by atoms with van der Waals surface area (Å²) in [6.45, 7) is 14.8. The molecule has 3 rings (SSSR count). The summed E-state index contributed by atoms with van der Waals surface area (Å²) in [7, 11) is 8.66. The van der Waals surface area contributed by atoms with Crippen LogP contribution in [-0.4, -0.2) is 128 Å². The lowest BCUT2D eigenvalue weighted by molar-refractivity contribution is -0.148. The molecule has 1 aliphatic rings. The van der Waals surface area contributed by atoms with Gasteiger partial charge >= 0.3 is 0 Å². The molecule has 12 nitrogen and oxygen atoms in total. The first kappa shape index (κ1) is 44.8. The average Bonchev–Trinajstić information content (AvgIpc) is 3.62. The van der Waals surface area contributed by atoms with Crippen LogP contribution in [-0.2, 0) is 35.1 Å². The molecule has 2 N–H and O–H groups in total. The van der Waals surface area contributed by atoms with Crippen molar-refractivity contribution in [1.29, 1.82) is 0 Å². The van der Waals surface area contributed by atoms with E-state index in [4.69, 9.17) is 9.47 Å². The van der Waals surface area contributed by atoms with E-state index in [9.17, 15) is 19.2 Å². The molecule has 2 unspecified atom stereocenters. The van der Waals surface area contributed by atoms with Gasteiger partial charge in [-0.3, -0.25) is 29.1 Å². The van der Waals surface area contributed by atoms with E-state index in [1.807, 2.05) is 82.8 Å². The number of amides is 4. The zero-order chi connectivity index (χ0) is 40.3. The number of nitrogens with one attached hydrogen (secondary N) is 2. The maximum absolute atomic E-state index is 14.2. The van der Waals surface area contributed by atoms with Gasteiger partial charge < -0.3 is 29.9 Å². The molecule has 8 atom stereocenters. The maximum Gasteiger partial charge on any atom is 0.245 e. The van der Waals surface area contributed by atoms with Crippen LogP contribution in [0, 0.1) is 23.7 Å². The van der Waals surface area contributed by atoms with Crippen molar-refractivity contribution in [1.82, 2.24) is 30.3 Å². The molecule has 54 heavy (non-hydrogen) atoms. The summed E-state index contributed by atoms with van der Waals surface area (Å²) in [4.78, 5) is 65.0. The van der Waals surface area contributed by atoms with Crippen molar-refractivity contribution in [3.8, 4) is 0 Å². The fourth-order valence-electron chi connectivity index (χ4n) is 8.18. The number of likely N-dealkylation sites (tertiary alicyclic amines) is 1. The second kappa shape index (κ2) is 20.9. The highest BCUT2D eigenvalue weighted by Crippen LogP contribution is 2.30. The number of rotatable bonds is 20. The van der Waals surface area contributed by atoms with Gasteiger partial charge in [-0.25, -0.2) is 0 Å². The molecule has 0 radical (unpaired) electrons. The third-order valence-corrected chi connectivity index (χ3v) is 11.3. The summed E-state index contributed by atoms with van der Waals surface area (Å²) in [6, 6.07) is 8.24. The molecule has 4 amide bonds. The van der Waals surface area contributed by atoms with E-state index in [2.05, 4.69) is 35.5 Å². The van der Waals surface area contributed by atoms with Gasteiger partial charge in [0.2, 0.25) is 23.6 Å². The summed E-state index contributed by atoms with van der Waals surface area (Å²) >= 11 is 0. The molecule has 1 fully saturated rings. The largest absolute Gasteiger partial charge is 0.379 e. The highest BCUT2D eigenvalue weighted by Gasteiger charge is 2.43. The molecule has 1 aromatic heterocycles. The maximum atomic E-state index is 14.2. The van der Waals surface area contributed by atoms with Crippen molar-refractivity contribution in [3.05, 3.63) is 42.1 Å². The Morgan fingerprint density at radius 2 is 1.67 bits per heavy atom. The fraction of sp³-hybridized carbons (Fsp3) is 0.690. The molecule has 0 spiro atoms. The smallest absolute Gasteiger partial charge is 0.245 e. The van der Waals surface area contributed by atoms with Gasteiger partial charge in [-0.15, -0.1) is 0 Å². The normalized spacial score (nSPS) is 18.6. The molecule has 0 saturated carbocycles. The Kier molecular flexibility index (Phi) is 17.3. The predicted molar refractivity (Wildman–Crippen MR) is 214 cm³/mol. The number of fused-ring (bicyclic) bond motifs is 1. The van der Waals surface area contributed by atoms with Crippen LogP contribution in [0.5, 0.6) is 0 Å². The minimum Gasteiger partial charge on any atom is -0.379 e. The number of hydrogen-bond donors (Lipinski definition) is 2. The summed E-state index contributed by atoms with van der Waals surface area (Å²) in [5.74, 6) is -1.21. The van der Waals surface area contributed by atoms with Gasteiger partial charge in [-0.2, -0.15) is 0 Å². The first-order chi connectivity index (χ1) is 25.6. The van der Waals surface area contributed by atoms with Crippen molar-refractivity contribution < 1.29 is 28.7 Å². The first-order valence-corrected chi connectivity index (χ1v) is 19.8. The van der Waals surface area contributed by atoms with E-state index >= 15 is 0 Å². The van der Waals surface area contributed by atoms with Crippen LogP contribution in [0.4, 0.5) is 0 Å². The molecule has 1 saturated heterocycles. The van der Waals surface area contributed by atoms with Crippen LogP contribution < -0.4 is 10.6 Å². The Hall–Kier alpha value is -3.61. The van der Waals surface area contributed by atoms with Crippen LogP contribution in [0.3, 0.4) is 0 Å². The summed E-state index contributed by atoms with van der Waals surface area (Å²) < 4.78 is 12.0. The molecule has 2 aromatic rings. The number of ether oxygens (including phenoxy) is 2. The minimum absolute atomic E-state index is 0.00138. The number of benzene rings is 1. The fourth-order valence-corrected chi connectivity index (χ4v) is 8.18. The minimum atomic E-state index is -0.744. The first-order valence-electron chi connectivity index (χ1n) is 19.8. The molecule has 2 heterocycles. The number of hydrogen-bond acceptors (Lipinski definition) is 8. The third-order valence-electron chi connectivity index (χ3n) is 11.3. The second-order valence-corrected chi connectivity index (χ2v) is 16.0. The third kappa shape index (κ3) is 11.2. The predicted octanol–water partition coefficient (Wildman–Crippen LogP) is 4.54. The Labute approximate surface area is 324 Å². The van der Waals surface area contributed by atoms with Crippen LogP contribution in [0.2, 0.25) is 0 Å². The monoisotopic (exact) mass is 753 g/mol. The highest BCUT2D eigenvalue weighted by atomic mass is 16.5. The Morgan fingerprint density at radius 3 is 2.26 bits per heavy atom. The standard InChI is InChI=1S/C42H68N6O6/c1-13-28(6)38(47(10)42(52)36(26(2)3)45-41(51)37(27(4)5)46(8)9)34(53-11)25-35(49)48-23-15-17-33(48)39(54-12)29(7)40(50)44-22-20-30-18-19-32-31(24-30)16-14-21-43-32/h14,16,18-19,21,24,26-29,33-34,36-39H,13,15,17,20,22-23,25H2,1-12H3,(H,44,50)(H,45,51)/t28-,29+,33-,34+,36-,37?,38?,39+/m0/s1. The summed E-state index contributed by atoms with van der Waals surface area (Å²) in [6.07, 6.45) is 3.71. The highest BCUT2D eigenvalue weighted by molar-refractivity contribution is 5.90. The average molecular weight is 753 g/mol. The lowest BCUT2D eigenvalue weighted by Crippen LogP contribution is -2.59. The lowest BCUT2D eigenvalue weighted by atomic mass is 9.89. The molecular weight excluding hydrogens is 684 g/mol. The van der Waals surface area contributed by atoms with E-state index < -0.39 is 30.2 Å². The van der Waals surface area contributed by atoms with E-state index in [1.165, 1.54) is 0 Å². The molecule has 12 heteroatoms. The van der Waals surface area contributed by atoms with Crippen LogP contribution in [0.25, 0.3) is 10.9 Å². The Balaban J connectivity index is 1.71. The molecule has 1 aromatic carbocycles. The lowest BCUT2D eigenvalue weighted by Gasteiger charge is -2.41. The van der Waals surface area contributed by atoms with Crippen LogP contribution >= 0.6 is 0 Å². The zero-order valence-electron chi connectivity index (χ0n) is 34.9. The number of aromatic nitrogens is 1. The van der Waals surface area contributed by atoms with Crippen molar-refractivity contribution >= 4 is 34.5 Å². The molecule has 0 bridgehead atoms. The number of nitrogens with zero attached hydrogens (tertiary/aromatic N) is 4. The van der Waals surface area contributed by atoms with E-state index in [0.717, 1.165) is 35.7 Å². The van der Waals surface area contributed by atoms with Crippen molar-refractivity contribution in [2.24, 2.45) is 23.7 Å². The number of pyridine rings is 1. The number of carbonyl (C=O) groups is 4. The van der Waals surface area contributed by atoms with Gasteiger partial charge in [-0.1, -0.05) is 67.0 Å². The van der Waals surface area contributed by atoms with Crippen molar-refractivity contribution in [2.45, 2.75) is 117 Å². The molecule has 0 aliphatic carbocycles. The topological polar surface area (TPSA) is 133 Å². The van der Waals surface area contributed by atoms with E-state index in [-0.39, 0.29) is 59.9 Å². The molecular formula is C42H68N6O6. The number of methoxy groups -OCH3 is 2. The van der Waals surface area contributed by atoms with Gasteiger partial charge in [0.15, 0.2) is 0 Å². The number of likely N-dealkylation sites (N-methyl/N-ethyl adjacent to an activating group) is 2. The van der Waals surface area contributed by atoms with Gasteiger partial charge in [0, 0.05) is 45.9 Å². The molecule has 302 valence electrons. The van der Waals surface area contributed by atoms with Gasteiger partial charge in [-0.05, 0) is 74.9 Å². The van der Waals surface area contributed by atoms with E-state index in [1.54, 1.807) is 32.4 Å². The van der Waals surface area contributed by atoms with Crippen LogP contribution in [0.1, 0.15) is 79.7 Å². The van der Waals surface area contributed by atoms with Crippen molar-refractivity contribution in [3.63, 3.8) is 0 Å². The Bertz CT molecular complexity index is 1530. The summed E-state index contributed by atoms with van der Waals surface area (Å²) in [5.41, 5.74) is 2.05. The number of carbonyl (C=O) groups excluding carboxylic acids is 4. The second-order valence-electron chi connectivity index (χ2n) is 16.0. The van der Waals surface area contributed by atoms with Gasteiger partial charge in [0.1, 0.15) is 6.04 Å². The van der Waals surface area contributed by atoms with Gasteiger partial charge in [0.25, 0.3) is 0 Å². The van der Waals surface area contributed by atoms with E-state index in [0.29, 0.717) is 19.5 Å². The molecule has 1 aliphatic heterocycles. The Morgan fingerprint density at radius 1 is 0.963 bits per heavy atom.